The van der Waals surface area contributed by atoms with E-state index in [2.05, 4.69) is 5.32 Å². The highest BCUT2D eigenvalue weighted by atomic mass is 35.6. The Labute approximate surface area is 126 Å². The zero-order valence-electron chi connectivity index (χ0n) is 10.0. The third-order valence-electron chi connectivity index (χ3n) is 2.19. The van der Waals surface area contributed by atoms with Gasteiger partial charge in [-0.15, -0.1) is 0 Å². The highest BCUT2D eigenvalue weighted by molar-refractivity contribution is 6.75. The molecule has 0 unspecified atom stereocenters. The van der Waals surface area contributed by atoms with Crippen molar-refractivity contribution in [2.75, 3.05) is 11.9 Å². The van der Waals surface area contributed by atoms with E-state index in [1.54, 1.807) is 18.2 Å². The zero-order chi connectivity index (χ0) is 14.5. The highest BCUT2D eigenvalue weighted by Crippen LogP contribution is 2.29. The second kappa shape index (κ2) is 6.85. The van der Waals surface area contributed by atoms with Crippen LogP contribution in [0.4, 0.5) is 5.69 Å². The van der Waals surface area contributed by atoms with Gasteiger partial charge in [0, 0.05) is 12.2 Å². The third kappa shape index (κ3) is 5.15. The van der Waals surface area contributed by atoms with Crippen molar-refractivity contribution in [2.24, 2.45) is 0 Å². The smallest absolute Gasteiger partial charge is 0.363 e. The van der Waals surface area contributed by atoms with Crippen molar-refractivity contribution >= 4 is 46.5 Å². The van der Waals surface area contributed by atoms with Crippen molar-refractivity contribution in [2.45, 2.75) is 17.1 Å². The number of hydrogen-bond donors (Lipinski definition) is 1. The predicted octanol–water partition coefficient (Wildman–Crippen LogP) is 3.60. The van der Waals surface area contributed by atoms with E-state index < -0.39 is 9.76 Å². The SMILES string of the molecule is Cc1cc(OC(=O)C(Cl)(Cl)Cl)ccc1NCCC#N. The van der Waals surface area contributed by atoms with Gasteiger partial charge in [-0.05, 0) is 30.7 Å². The molecule has 0 atom stereocenters. The van der Waals surface area contributed by atoms with E-state index in [0.717, 1.165) is 11.3 Å². The molecule has 0 spiro atoms. The number of carbonyl (C=O) groups is 1. The molecular weight excluding hydrogens is 311 g/mol. The van der Waals surface area contributed by atoms with Crippen molar-refractivity contribution in [3.05, 3.63) is 23.8 Å². The minimum absolute atomic E-state index is 0.291. The molecule has 7 heteroatoms. The molecule has 0 aliphatic carbocycles. The van der Waals surface area contributed by atoms with Crippen molar-refractivity contribution in [3.8, 4) is 11.8 Å². The first-order valence-corrected chi connectivity index (χ1v) is 6.48. The number of alkyl halides is 3. The maximum atomic E-state index is 11.4. The molecule has 0 bridgehead atoms. The van der Waals surface area contributed by atoms with E-state index in [1.807, 2.05) is 13.0 Å². The van der Waals surface area contributed by atoms with Gasteiger partial charge in [0.2, 0.25) is 0 Å². The number of nitrogens with zero attached hydrogens (tertiary/aromatic N) is 1. The Bertz CT molecular complexity index is 507. The number of ether oxygens (including phenoxy) is 1. The van der Waals surface area contributed by atoms with Gasteiger partial charge in [-0.25, -0.2) is 4.79 Å². The second-order valence-corrected chi connectivity index (χ2v) is 5.98. The van der Waals surface area contributed by atoms with Crippen molar-refractivity contribution in [3.63, 3.8) is 0 Å². The third-order valence-corrected chi connectivity index (χ3v) is 2.66. The number of rotatable bonds is 4. The van der Waals surface area contributed by atoms with E-state index in [9.17, 15) is 4.79 Å². The van der Waals surface area contributed by atoms with Crippen LogP contribution < -0.4 is 10.1 Å². The van der Waals surface area contributed by atoms with Crippen molar-refractivity contribution in [1.82, 2.24) is 0 Å². The fourth-order valence-corrected chi connectivity index (χ4v) is 1.43. The van der Waals surface area contributed by atoms with Gasteiger partial charge in [0.05, 0.1) is 12.5 Å². The topological polar surface area (TPSA) is 62.1 Å². The van der Waals surface area contributed by atoms with Crippen LogP contribution in [-0.4, -0.2) is 16.3 Å². The number of nitrogens with one attached hydrogen (secondary N) is 1. The molecule has 19 heavy (non-hydrogen) atoms. The molecule has 0 aliphatic heterocycles. The molecular formula is C12H11Cl3N2O2. The Balaban J connectivity index is 2.72. The first-order chi connectivity index (χ1) is 8.84. The first kappa shape index (κ1) is 15.9. The Kier molecular flexibility index (Phi) is 5.74. The molecule has 1 N–H and O–H groups in total. The molecule has 4 nitrogen and oxygen atoms in total. The summed E-state index contributed by atoms with van der Waals surface area (Å²) in [5, 5.41) is 11.5. The predicted molar refractivity (Wildman–Crippen MR) is 75.8 cm³/mol. The molecule has 0 fully saturated rings. The van der Waals surface area contributed by atoms with E-state index in [1.165, 1.54) is 0 Å². The minimum atomic E-state index is -2.10. The highest BCUT2D eigenvalue weighted by Gasteiger charge is 2.33. The number of nitriles is 1. The lowest BCUT2D eigenvalue weighted by Gasteiger charge is -2.12. The van der Waals surface area contributed by atoms with Crippen LogP contribution in [-0.2, 0) is 4.79 Å². The van der Waals surface area contributed by atoms with Crippen LogP contribution in [0.25, 0.3) is 0 Å². The van der Waals surface area contributed by atoms with Gasteiger partial charge in [0.25, 0.3) is 3.79 Å². The maximum absolute atomic E-state index is 11.4. The Morgan fingerprint density at radius 3 is 2.68 bits per heavy atom. The van der Waals surface area contributed by atoms with Crippen LogP contribution in [0.15, 0.2) is 18.2 Å². The van der Waals surface area contributed by atoms with Crippen LogP contribution in [0.3, 0.4) is 0 Å². The average Bonchev–Trinajstić information content (AvgIpc) is 2.31. The number of anilines is 1. The standard InChI is InChI=1S/C12H11Cl3N2O2/c1-8-7-9(19-11(18)12(13,14)15)3-4-10(8)17-6-2-5-16/h3-4,7,17H,2,6H2,1H3. The number of carbonyl (C=O) groups excluding carboxylic acids is 1. The summed E-state index contributed by atoms with van der Waals surface area (Å²) >= 11 is 16.2. The number of hydrogen-bond acceptors (Lipinski definition) is 4. The van der Waals surface area contributed by atoms with Gasteiger partial charge in [0.1, 0.15) is 5.75 Å². The van der Waals surface area contributed by atoms with Crippen LogP contribution >= 0.6 is 34.8 Å². The number of benzene rings is 1. The number of halogens is 3. The van der Waals surface area contributed by atoms with Gasteiger partial charge in [-0.3, -0.25) is 0 Å². The maximum Gasteiger partial charge on any atom is 0.363 e. The summed E-state index contributed by atoms with van der Waals surface area (Å²) in [6.45, 7) is 2.38. The normalized spacial score (nSPS) is 10.7. The summed E-state index contributed by atoms with van der Waals surface area (Å²) in [5.41, 5.74) is 1.71. The molecule has 1 aromatic carbocycles. The molecule has 0 saturated carbocycles. The van der Waals surface area contributed by atoms with Crippen molar-refractivity contribution in [1.29, 1.82) is 5.26 Å². The second-order valence-electron chi connectivity index (χ2n) is 3.70. The van der Waals surface area contributed by atoms with Gasteiger partial charge in [0.15, 0.2) is 0 Å². The van der Waals surface area contributed by atoms with Gasteiger partial charge < -0.3 is 10.1 Å². The summed E-state index contributed by atoms with van der Waals surface area (Å²) in [7, 11) is 0. The van der Waals surface area contributed by atoms with Crippen LogP contribution in [0.1, 0.15) is 12.0 Å². The van der Waals surface area contributed by atoms with Crippen LogP contribution in [0.2, 0.25) is 0 Å². The van der Waals surface area contributed by atoms with Gasteiger partial charge in [-0.1, -0.05) is 34.8 Å². The number of esters is 1. The summed E-state index contributed by atoms with van der Waals surface area (Å²) in [6.07, 6.45) is 0.406. The number of aryl methyl sites for hydroxylation is 1. The minimum Gasteiger partial charge on any atom is -0.423 e. The van der Waals surface area contributed by atoms with Crippen LogP contribution in [0, 0.1) is 18.3 Å². The molecule has 0 amide bonds. The summed E-state index contributed by atoms with van der Waals surface area (Å²) in [5.74, 6) is -0.665. The molecule has 0 aromatic heterocycles. The van der Waals surface area contributed by atoms with E-state index in [-0.39, 0.29) is 0 Å². The molecule has 102 valence electrons. The molecule has 0 radical (unpaired) electrons. The summed E-state index contributed by atoms with van der Waals surface area (Å²) in [4.78, 5) is 11.4. The zero-order valence-corrected chi connectivity index (χ0v) is 12.3. The quantitative estimate of drug-likeness (QED) is 0.398. The van der Waals surface area contributed by atoms with E-state index in [0.29, 0.717) is 18.7 Å². The summed E-state index contributed by atoms with van der Waals surface area (Å²) < 4.78 is 2.83. The van der Waals surface area contributed by atoms with Crippen molar-refractivity contribution < 1.29 is 9.53 Å². The first-order valence-electron chi connectivity index (χ1n) is 5.35. The van der Waals surface area contributed by atoms with Gasteiger partial charge in [-0.2, -0.15) is 5.26 Å². The molecule has 1 aromatic rings. The summed E-state index contributed by atoms with van der Waals surface area (Å²) in [6, 6.07) is 6.99. The lowest BCUT2D eigenvalue weighted by atomic mass is 10.2. The molecule has 0 aliphatic rings. The largest absolute Gasteiger partial charge is 0.423 e. The van der Waals surface area contributed by atoms with Crippen LogP contribution in [0.5, 0.6) is 5.75 Å². The Morgan fingerprint density at radius 1 is 1.47 bits per heavy atom. The lowest BCUT2D eigenvalue weighted by molar-refractivity contribution is -0.133. The fourth-order valence-electron chi connectivity index (χ4n) is 1.32. The fraction of sp³-hybridized carbons (Fsp3) is 0.333. The molecule has 0 heterocycles. The lowest BCUT2D eigenvalue weighted by Crippen LogP contribution is -2.24. The Morgan fingerprint density at radius 2 is 2.16 bits per heavy atom. The van der Waals surface area contributed by atoms with Gasteiger partial charge >= 0.3 is 5.97 Å². The van der Waals surface area contributed by atoms with E-state index >= 15 is 0 Å². The molecule has 1 rings (SSSR count). The van der Waals surface area contributed by atoms with E-state index in [4.69, 9.17) is 44.8 Å². The average molecular weight is 322 g/mol. The monoisotopic (exact) mass is 320 g/mol. The molecule has 0 saturated heterocycles. The Hall–Kier alpha value is -1.15.